The SMILES string of the molecule is CCc1ccc(NC(=O)CN2C(=O)C(C)Oc3ccc(-c4csc(-c5ccccn5)n4)cc32)cc1. The summed E-state index contributed by atoms with van der Waals surface area (Å²) in [5.41, 5.74) is 4.83. The van der Waals surface area contributed by atoms with Crippen molar-refractivity contribution in [1.29, 1.82) is 0 Å². The van der Waals surface area contributed by atoms with Gasteiger partial charge in [0, 0.05) is 22.8 Å². The Hall–Kier alpha value is -4.04. The van der Waals surface area contributed by atoms with E-state index in [0.717, 1.165) is 28.4 Å². The molecule has 8 heteroatoms. The Kier molecular flexibility index (Phi) is 6.29. The van der Waals surface area contributed by atoms with E-state index < -0.39 is 6.10 Å². The van der Waals surface area contributed by atoms with Crippen molar-refractivity contribution >= 4 is 34.5 Å². The minimum Gasteiger partial charge on any atom is -0.479 e. The molecule has 2 amide bonds. The van der Waals surface area contributed by atoms with Crippen LogP contribution in [0.25, 0.3) is 22.0 Å². The second kappa shape index (κ2) is 9.68. The smallest absolute Gasteiger partial charge is 0.268 e. The highest BCUT2D eigenvalue weighted by Crippen LogP contribution is 2.38. The Morgan fingerprint density at radius 2 is 1.94 bits per heavy atom. The number of hydrogen-bond acceptors (Lipinski definition) is 6. The first-order valence-electron chi connectivity index (χ1n) is 11.4. The number of nitrogens with zero attached hydrogens (tertiary/aromatic N) is 3. The molecule has 4 aromatic rings. The third-order valence-corrected chi connectivity index (χ3v) is 6.66. The minimum atomic E-state index is -0.681. The van der Waals surface area contributed by atoms with Crippen LogP contribution in [0.3, 0.4) is 0 Å². The van der Waals surface area contributed by atoms with E-state index >= 15 is 0 Å². The van der Waals surface area contributed by atoms with Crippen LogP contribution in [0.4, 0.5) is 11.4 Å². The molecular weight excluding hydrogens is 460 g/mol. The van der Waals surface area contributed by atoms with Gasteiger partial charge in [0.15, 0.2) is 6.10 Å². The Balaban J connectivity index is 1.40. The fraction of sp³-hybridized carbons (Fsp3) is 0.185. The number of rotatable bonds is 6. The molecule has 2 aromatic carbocycles. The predicted octanol–water partition coefficient (Wildman–Crippen LogP) is 5.19. The highest BCUT2D eigenvalue weighted by molar-refractivity contribution is 7.13. The number of carbonyl (C=O) groups is 2. The van der Waals surface area contributed by atoms with Crippen LogP contribution in [0.1, 0.15) is 19.4 Å². The Morgan fingerprint density at radius 1 is 1.11 bits per heavy atom. The molecule has 1 N–H and O–H groups in total. The standard InChI is InChI=1S/C27H24N4O3S/c1-3-18-7-10-20(11-8-18)29-25(32)15-31-23-14-19(9-12-24(23)34-17(2)27(31)33)22-16-35-26(30-22)21-6-4-5-13-28-21/h4-14,16-17H,3,15H2,1-2H3,(H,29,32). The van der Waals surface area contributed by atoms with E-state index in [1.165, 1.54) is 21.8 Å². The zero-order chi connectivity index (χ0) is 24.4. The molecule has 1 unspecified atom stereocenters. The number of aryl methyl sites for hydroxylation is 1. The number of amides is 2. The fourth-order valence-corrected chi connectivity index (χ4v) is 4.72. The third kappa shape index (κ3) is 4.79. The van der Waals surface area contributed by atoms with Crippen molar-refractivity contribution in [1.82, 2.24) is 9.97 Å². The molecule has 0 aliphatic carbocycles. The van der Waals surface area contributed by atoms with Crippen molar-refractivity contribution in [2.45, 2.75) is 26.4 Å². The summed E-state index contributed by atoms with van der Waals surface area (Å²) in [7, 11) is 0. The number of hydrogen-bond donors (Lipinski definition) is 1. The molecule has 0 saturated carbocycles. The minimum absolute atomic E-state index is 0.116. The maximum atomic E-state index is 13.0. The first-order chi connectivity index (χ1) is 17.0. The Labute approximate surface area is 207 Å². The summed E-state index contributed by atoms with van der Waals surface area (Å²) in [6.45, 7) is 3.65. The van der Waals surface area contributed by atoms with Gasteiger partial charge in [0.25, 0.3) is 5.91 Å². The lowest BCUT2D eigenvalue weighted by Crippen LogP contribution is -2.47. The van der Waals surface area contributed by atoms with Gasteiger partial charge in [-0.15, -0.1) is 11.3 Å². The molecule has 0 spiro atoms. The predicted molar refractivity (Wildman–Crippen MR) is 138 cm³/mol. The maximum Gasteiger partial charge on any atom is 0.268 e. The first-order valence-corrected chi connectivity index (χ1v) is 12.3. The number of nitrogens with one attached hydrogen (secondary N) is 1. The van der Waals surface area contributed by atoms with Crippen LogP contribution >= 0.6 is 11.3 Å². The van der Waals surface area contributed by atoms with Gasteiger partial charge in [0.2, 0.25) is 5.91 Å². The molecule has 1 aliphatic heterocycles. The van der Waals surface area contributed by atoms with Crippen LogP contribution in [-0.2, 0) is 16.0 Å². The van der Waals surface area contributed by atoms with Crippen LogP contribution in [0.5, 0.6) is 5.75 Å². The van der Waals surface area contributed by atoms with E-state index in [0.29, 0.717) is 17.1 Å². The summed E-state index contributed by atoms with van der Waals surface area (Å²) in [5.74, 6) is 0.0128. The van der Waals surface area contributed by atoms with Crippen LogP contribution in [0.15, 0.2) is 72.2 Å². The number of carbonyl (C=O) groups excluding carboxylic acids is 2. The highest BCUT2D eigenvalue weighted by atomic mass is 32.1. The van der Waals surface area contributed by atoms with Gasteiger partial charge in [0.05, 0.1) is 17.1 Å². The highest BCUT2D eigenvalue weighted by Gasteiger charge is 2.33. The number of thiazole rings is 1. The van der Waals surface area contributed by atoms with Gasteiger partial charge in [0.1, 0.15) is 17.3 Å². The third-order valence-electron chi connectivity index (χ3n) is 5.80. The van der Waals surface area contributed by atoms with Crippen LogP contribution < -0.4 is 15.0 Å². The largest absolute Gasteiger partial charge is 0.479 e. The van der Waals surface area contributed by atoms with E-state index in [9.17, 15) is 9.59 Å². The molecule has 1 atom stereocenters. The topological polar surface area (TPSA) is 84.4 Å². The van der Waals surface area contributed by atoms with Gasteiger partial charge in [-0.2, -0.15) is 0 Å². The van der Waals surface area contributed by atoms with Gasteiger partial charge in [-0.1, -0.05) is 25.1 Å². The molecule has 176 valence electrons. The second-order valence-corrected chi connectivity index (χ2v) is 9.08. The average molecular weight is 485 g/mol. The van der Waals surface area contributed by atoms with E-state index in [1.54, 1.807) is 13.1 Å². The van der Waals surface area contributed by atoms with Crippen molar-refractivity contribution in [2.24, 2.45) is 0 Å². The molecule has 1 aliphatic rings. The number of benzene rings is 2. The second-order valence-electron chi connectivity index (χ2n) is 8.22. The average Bonchev–Trinajstić information content (AvgIpc) is 3.38. The summed E-state index contributed by atoms with van der Waals surface area (Å²) in [4.78, 5) is 36.4. The monoisotopic (exact) mass is 484 g/mol. The summed E-state index contributed by atoms with van der Waals surface area (Å²) >= 11 is 1.50. The number of pyridine rings is 1. The molecule has 5 rings (SSSR count). The van der Waals surface area contributed by atoms with Gasteiger partial charge in [-0.3, -0.25) is 19.5 Å². The molecule has 3 heterocycles. The Morgan fingerprint density at radius 3 is 2.69 bits per heavy atom. The van der Waals surface area contributed by atoms with Crippen molar-refractivity contribution in [3.05, 3.63) is 77.8 Å². The normalized spacial score (nSPS) is 14.9. The lowest BCUT2D eigenvalue weighted by atomic mass is 10.1. The number of ether oxygens (including phenoxy) is 1. The molecule has 7 nitrogen and oxygen atoms in total. The zero-order valence-corrected chi connectivity index (χ0v) is 20.2. The van der Waals surface area contributed by atoms with Crippen LogP contribution in [0.2, 0.25) is 0 Å². The summed E-state index contributed by atoms with van der Waals surface area (Å²) < 4.78 is 5.81. The lowest BCUT2D eigenvalue weighted by Gasteiger charge is -2.32. The maximum absolute atomic E-state index is 13.0. The van der Waals surface area contributed by atoms with Crippen molar-refractivity contribution in [3.8, 4) is 27.7 Å². The molecule has 35 heavy (non-hydrogen) atoms. The van der Waals surface area contributed by atoms with E-state index in [1.807, 2.05) is 66.0 Å². The van der Waals surface area contributed by atoms with Crippen LogP contribution in [-0.4, -0.2) is 34.4 Å². The molecule has 0 saturated heterocycles. The molecular formula is C27H24N4O3S. The van der Waals surface area contributed by atoms with Gasteiger partial charge in [-0.05, 0) is 61.4 Å². The van der Waals surface area contributed by atoms with Gasteiger partial charge in [-0.25, -0.2) is 4.98 Å². The van der Waals surface area contributed by atoms with Crippen LogP contribution in [0, 0.1) is 0 Å². The van der Waals surface area contributed by atoms with E-state index in [4.69, 9.17) is 9.72 Å². The van der Waals surface area contributed by atoms with Crippen molar-refractivity contribution in [3.63, 3.8) is 0 Å². The van der Waals surface area contributed by atoms with Crippen molar-refractivity contribution < 1.29 is 14.3 Å². The fourth-order valence-electron chi connectivity index (χ4n) is 3.91. The molecule has 2 aromatic heterocycles. The quantitative estimate of drug-likeness (QED) is 0.407. The zero-order valence-electron chi connectivity index (χ0n) is 19.4. The molecule has 0 bridgehead atoms. The van der Waals surface area contributed by atoms with E-state index in [-0.39, 0.29) is 18.4 Å². The van der Waals surface area contributed by atoms with Gasteiger partial charge >= 0.3 is 0 Å². The van der Waals surface area contributed by atoms with E-state index in [2.05, 4.69) is 17.2 Å². The molecule has 0 fully saturated rings. The van der Waals surface area contributed by atoms with Crippen molar-refractivity contribution in [2.75, 3.05) is 16.8 Å². The number of anilines is 2. The first kappa shape index (κ1) is 22.7. The number of fused-ring (bicyclic) bond motifs is 1. The Bertz CT molecular complexity index is 1370. The summed E-state index contributed by atoms with van der Waals surface area (Å²) in [5, 5.41) is 5.65. The summed E-state index contributed by atoms with van der Waals surface area (Å²) in [6.07, 6.45) is 1.98. The number of aromatic nitrogens is 2. The molecule has 0 radical (unpaired) electrons. The lowest BCUT2D eigenvalue weighted by molar-refractivity contribution is -0.127. The van der Waals surface area contributed by atoms with Gasteiger partial charge < -0.3 is 10.1 Å². The summed E-state index contributed by atoms with van der Waals surface area (Å²) in [6, 6.07) is 19.0.